The second kappa shape index (κ2) is 8.28. The number of hydrogen-bond acceptors (Lipinski definition) is 5. The van der Waals surface area contributed by atoms with Gasteiger partial charge >= 0.3 is 0 Å². The lowest BCUT2D eigenvalue weighted by atomic mass is 9.56. The quantitative estimate of drug-likeness (QED) is 0.549. The number of halogens is 2. The van der Waals surface area contributed by atoms with Crippen molar-refractivity contribution in [1.82, 2.24) is 24.2 Å². The zero-order valence-electron chi connectivity index (χ0n) is 17.9. The van der Waals surface area contributed by atoms with Gasteiger partial charge in [0.1, 0.15) is 5.02 Å². The molecule has 1 aliphatic heterocycles. The van der Waals surface area contributed by atoms with Crippen LogP contribution in [0.4, 0.5) is 0 Å². The van der Waals surface area contributed by atoms with E-state index in [9.17, 15) is 9.59 Å². The Morgan fingerprint density at radius 3 is 2.62 bits per heavy atom. The number of hydrogen-bond donors (Lipinski definition) is 0. The molecule has 5 rings (SSSR count). The molecule has 7 nitrogen and oxygen atoms in total. The second-order valence-corrected chi connectivity index (χ2v) is 10.2. The fraction of sp³-hybridized carbons (Fsp3) is 0.478. The lowest BCUT2D eigenvalue weighted by Crippen LogP contribution is -2.62. The summed E-state index contributed by atoms with van der Waals surface area (Å²) in [7, 11) is 1.65. The normalized spacial score (nSPS) is 18.1. The molecule has 0 bridgehead atoms. The van der Waals surface area contributed by atoms with Gasteiger partial charge in [-0.1, -0.05) is 29.3 Å². The van der Waals surface area contributed by atoms with Crippen LogP contribution in [0.25, 0.3) is 10.8 Å². The number of benzene rings is 1. The minimum absolute atomic E-state index is 0.148. The van der Waals surface area contributed by atoms with Crippen molar-refractivity contribution in [2.75, 3.05) is 19.6 Å². The van der Waals surface area contributed by atoms with E-state index >= 15 is 0 Å². The highest BCUT2D eigenvalue weighted by Crippen LogP contribution is 2.53. The highest BCUT2D eigenvalue weighted by atomic mass is 35.5. The van der Waals surface area contributed by atoms with Gasteiger partial charge in [-0.15, -0.1) is 0 Å². The SMILES string of the molecule is Cn1ncc2c(CC3CC4(C3)CN(CCCn3cncc(Cl)c3=O)C4)ccc(Cl)c2c1=O. The van der Waals surface area contributed by atoms with Crippen molar-refractivity contribution in [1.29, 1.82) is 0 Å². The third kappa shape index (κ3) is 3.87. The summed E-state index contributed by atoms with van der Waals surface area (Å²) in [5, 5.41) is 6.29. The van der Waals surface area contributed by atoms with Crippen LogP contribution in [0.1, 0.15) is 24.8 Å². The summed E-state index contributed by atoms with van der Waals surface area (Å²) >= 11 is 12.2. The van der Waals surface area contributed by atoms with E-state index in [2.05, 4.69) is 15.0 Å². The molecule has 3 aromatic rings. The highest BCUT2D eigenvalue weighted by molar-refractivity contribution is 6.35. The van der Waals surface area contributed by atoms with Crippen LogP contribution in [-0.2, 0) is 20.0 Å². The minimum Gasteiger partial charge on any atom is -0.302 e. The van der Waals surface area contributed by atoms with Crippen LogP contribution in [0, 0.1) is 11.3 Å². The Morgan fingerprint density at radius 2 is 1.84 bits per heavy atom. The third-order valence-electron chi connectivity index (χ3n) is 6.96. The summed E-state index contributed by atoms with van der Waals surface area (Å²) in [5.41, 5.74) is 1.28. The maximum absolute atomic E-state index is 12.5. The summed E-state index contributed by atoms with van der Waals surface area (Å²) in [5.74, 6) is 0.627. The standard InChI is InChI=1S/C23H25Cl2N5O2/c1-28-22(32)20-17(10-27-28)16(3-4-18(20)24)7-15-8-23(9-15)12-29(13-23)5-2-6-30-14-26-11-19(25)21(30)31/h3-4,10-11,14-15H,2,5-9,12-13H2,1H3. The molecule has 1 aliphatic carbocycles. The first kappa shape index (κ1) is 21.6. The maximum atomic E-state index is 12.5. The molecule has 3 heterocycles. The van der Waals surface area contributed by atoms with E-state index in [1.54, 1.807) is 24.1 Å². The molecule has 1 spiro atoms. The van der Waals surface area contributed by atoms with Gasteiger partial charge in [-0.25, -0.2) is 9.67 Å². The predicted molar refractivity (Wildman–Crippen MR) is 125 cm³/mol. The number of aryl methyl sites for hydroxylation is 2. The van der Waals surface area contributed by atoms with E-state index in [1.807, 2.05) is 12.1 Å². The molecule has 2 fully saturated rings. The summed E-state index contributed by atoms with van der Waals surface area (Å²) in [6.07, 6.45) is 8.98. The van der Waals surface area contributed by atoms with Crippen molar-refractivity contribution in [2.45, 2.75) is 32.2 Å². The number of rotatable bonds is 6. The smallest absolute Gasteiger partial charge is 0.275 e. The maximum Gasteiger partial charge on any atom is 0.275 e. The van der Waals surface area contributed by atoms with Crippen molar-refractivity contribution < 1.29 is 0 Å². The Labute approximate surface area is 195 Å². The Balaban J connectivity index is 1.13. The Kier molecular flexibility index (Phi) is 5.60. The van der Waals surface area contributed by atoms with Crippen LogP contribution in [0.3, 0.4) is 0 Å². The van der Waals surface area contributed by atoms with Gasteiger partial charge in [0.2, 0.25) is 0 Å². The lowest BCUT2D eigenvalue weighted by Gasteiger charge is -2.59. The van der Waals surface area contributed by atoms with Gasteiger partial charge in [0.25, 0.3) is 11.1 Å². The number of likely N-dealkylation sites (tertiary alicyclic amines) is 1. The molecule has 0 radical (unpaired) electrons. The Morgan fingerprint density at radius 1 is 1.06 bits per heavy atom. The van der Waals surface area contributed by atoms with E-state index in [-0.39, 0.29) is 16.1 Å². The minimum atomic E-state index is -0.175. The van der Waals surface area contributed by atoms with Crippen LogP contribution in [0.2, 0.25) is 10.0 Å². The van der Waals surface area contributed by atoms with Gasteiger partial charge in [-0.2, -0.15) is 5.10 Å². The molecule has 1 saturated carbocycles. The van der Waals surface area contributed by atoms with E-state index in [4.69, 9.17) is 23.2 Å². The molecule has 9 heteroatoms. The predicted octanol–water partition coefficient (Wildman–Crippen LogP) is 3.14. The van der Waals surface area contributed by atoms with Gasteiger partial charge in [-0.05, 0) is 55.2 Å². The molecule has 0 atom stereocenters. The van der Waals surface area contributed by atoms with E-state index in [1.165, 1.54) is 23.7 Å². The van der Waals surface area contributed by atoms with Crippen molar-refractivity contribution in [3.63, 3.8) is 0 Å². The van der Waals surface area contributed by atoms with E-state index < -0.39 is 0 Å². The monoisotopic (exact) mass is 473 g/mol. The van der Waals surface area contributed by atoms with Crippen molar-refractivity contribution in [3.05, 3.63) is 67.2 Å². The Bertz CT molecular complexity index is 1290. The Hall–Kier alpha value is -2.22. The first-order valence-electron chi connectivity index (χ1n) is 10.9. The highest BCUT2D eigenvalue weighted by Gasteiger charge is 2.51. The molecular formula is C23H25Cl2N5O2. The van der Waals surface area contributed by atoms with E-state index in [0.717, 1.165) is 43.4 Å². The number of aromatic nitrogens is 4. The molecule has 168 valence electrons. The van der Waals surface area contributed by atoms with Gasteiger partial charge in [0, 0.05) is 32.1 Å². The fourth-order valence-corrected chi connectivity index (χ4v) is 5.94. The molecule has 0 amide bonds. The first-order chi connectivity index (χ1) is 15.3. The fourth-order valence-electron chi connectivity index (χ4n) is 5.52. The van der Waals surface area contributed by atoms with Crippen molar-refractivity contribution in [3.8, 4) is 0 Å². The summed E-state index contributed by atoms with van der Waals surface area (Å²) in [6, 6.07) is 3.87. The topological polar surface area (TPSA) is 73.0 Å². The average Bonchev–Trinajstić information content (AvgIpc) is 2.71. The molecule has 0 N–H and O–H groups in total. The first-order valence-corrected chi connectivity index (χ1v) is 11.7. The van der Waals surface area contributed by atoms with Gasteiger partial charge in [0.15, 0.2) is 0 Å². The van der Waals surface area contributed by atoms with Crippen LogP contribution in [0.5, 0.6) is 0 Å². The van der Waals surface area contributed by atoms with Crippen LogP contribution in [0.15, 0.2) is 40.4 Å². The van der Waals surface area contributed by atoms with Crippen LogP contribution < -0.4 is 11.1 Å². The lowest BCUT2D eigenvalue weighted by molar-refractivity contribution is -0.0939. The molecule has 1 aromatic carbocycles. The largest absolute Gasteiger partial charge is 0.302 e. The average molecular weight is 474 g/mol. The molecule has 1 saturated heterocycles. The zero-order chi connectivity index (χ0) is 22.5. The van der Waals surface area contributed by atoms with Gasteiger partial charge in [0.05, 0.1) is 29.1 Å². The second-order valence-electron chi connectivity index (χ2n) is 9.35. The number of fused-ring (bicyclic) bond motifs is 1. The molecule has 2 aliphatic rings. The van der Waals surface area contributed by atoms with E-state index in [0.29, 0.717) is 28.3 Å². The van der Waals surface area contributed by atoms with Crippen LogP contribution in [-0.4, -0.2) is 43.9 Å². The molecule has 32 heavy (non-hydrogen) atoms. The summed E-state index contributed by atoms with van der Waals surface area (Å²) < 4.78 is 2.91. The van der Waals surface area contributed by atoms with Gasteiger partial charge in [-0.3, -0.25) is 14.2 Å². The zero-order valence-corrected chi connectivity index (χ0v) is 19.4. The molecule has 0 unspecified atom stereocenters. The van der Waals surface area contributed by atoms with Crippen LogP contribution >= 0.6 is 23.2 Å². The summed E-state index contributed by atoms with van der Waals surface area (Å²) in [6.45, 7) is 3.85. The van der Waals surface area contributed by atoms with Crippen molar-refractivity contribution in [2.24, 2.45) is 18.4 Å². The third-order valence-corrected chi connectivity index (χ3v) is 7.53. The van der Waals surface area contributed by atoms with Crippen molar-refractivity contribution >= 4 is 34.0 Å². The molecular weight excluding hydrogens is 449 g/mol. The van der Waals surface area contributed by atoms with Gasteiger partial charge < -0.3 is 4.90 Å². The molecule has 2 aromatic heterocycles. The number of nitrogens with zero attached hydrogens (tertiary/aromatic N) is 5. The summed E-state index contributed by atoms with van der Waals surface area (Å²) in [4.78, 5) is 30.9.